The monoisotopic (exact) mass is 600 g/mol. The zero-order valence-corrected chi connectivity index (χ0v) is 25.5. The molecule has 224 valence electrons. The second kappa shape index (κ2) is 12.1. The molecule has 0 spiro atoms. The van der Waals surface area contributed by atoms with Gasteiger partial charge in [-0.25, -0.2) is 24.4 Å². The predicted octanol–water partition coefficient (Wildman–Crippen LogP) is 7.16. The second-order valence-electron chi connectivity index (χ2n) is 12.0. The number of carbonyl (C=O) groups excluding carboxylic acids is 2. The van der Waals surface area contributed by atoms with Gasteiger partial charge in [0.1, 0.15) is 11.6 Å². The highest BCUT2D eigenvalue weighted by Crippen LogP contribution is 2.35. The van der Waals surface area contributed by atoms with Crippen LogP contribution in [-0.2, 0) is 10.2 Å². The average Bonchev–Trinajstić information content (AvgIpc) is 3.75. The minimum absolute atomic E-state index is 0.128. The molecule has 3 aromatic heterocycles. The van der Waals surface area contributed by atoms with Gasteiger partial charge in [-0.2, -0.15) is 5.10 Å². The van der Waals surface area contributed by atoms with Crippen molar-refractivity contribution in [2.45, 2.75) is 77.2 Å². The number of anilines is 3. The largest absolute Gasteiger partial charge is 0.424 e. The maximum atomic E-state index is 12.9. The van der Waals surface area contributed by atoms with E-state index in [0.29, 0.717) is 23.7 Å². The number of hydrogen-bond donors (Lipinski definition) is 2. The van der Waals surface area contributed by atoms with Crippen molar-refractivity contribution in [1.82, 2.24) is 24.7 Å². The van der Waals surface area contributed by atoms with E-state index >= 15 is 0 Å². The summed E-state index contributed by atoms with van der Waals surface area (Å²) in [4.78, 5) is 40.6. The van der Waals surface area contributed by atoms with Crippen LogP contribution in [0, 0.1) is 0 Å². The molecule has 12 heteroatoms. The third-order valence-corrected chi connectivity index (χ3v) is 8.77. The Labute approximate surface area is 254 Å². The SMILES string of the molecule is CC(C)(C)c1cc(NC(=O)Nc2cnc(Oc3ccc(-c4cnc(N5CCCC5=O)s4)cc3)nc2)n(C2CCCCC2)n1. The van der Waals surface area contributed by atoms with Crippen LogP contribution in [0.2, 0.25) is 0 Å². The molecule has 2 aliphatic rings. The van der Waals surface area contributed by atoms with E-state index in [1.807, 2.05) is 35.0 Å². The van der Waals surface area contributed by atoms with E-state index < -0.39 is 0 Å². The number of rotatable bonds is 7. The molecule has 0 bridgehead atoms. The predicted molar refractivity (Wildman–Crippen MR) is 167 cm³/mol. The Kier molecular flexibility index (Phi) is 8.11. The fraction of sp³-hybridized carbons (Fsp3) is 0.419. The number of aromatic nitrogens is 5. The van der Waals surface area contributed by atoms with Crippen molar-refractivity contribution in [3.8, 4) is 22.2 Å². The van der Waals surface area contributed by atoms with Crippen molar-refractivity contribution in [1.29, 1.82) is 0 Å². The normalized spacial score (nSPS) is 16.0. The lowest BCUT2D eigenvalue weighted by atomic mass is 9.92. The highest BCUT2D eigenvalue weighted by Gasteiger charge is 2.26. The van der Waals surface area contributed by atoms with Gasteiger partial charge in [0.05, 0.1) is 34.7 Å². The third-order valence-electron chi connectivity index (χ3n) is 7.70. The zero-order valence-electron chi connectivity index (χ0n) is 24.7. The first-order chi connectivity index (χ1) is 20.7. The van der Waals surface area contributed by atoms with Crippen LogP contribution in [0.3, 0.4) is 0 Å². The molecule has 4 heterocycles. The summed E-state index contributed by atoms with van der Waals surface area (Å²) >= 11 is 1.50. The number of urea groups is 1. The molecular formula is C31H36N8O3S. The summed E-state index contributed by atoms with van der Waals surface area (Å²) in [7, 11) is 0. The van der Waals surface area contributed by atoms with Crippen molar-refractivity contribution < 1.29 is 14.3 Å². The van der Waals surface area contributed by atoms with E-state index in [4.69, 9.17) is 9.84 Å². The molecule has 1 aliphatic heterocycles. The highest BCUT2D eigenvalue weighted by atomic mass is 32.1. The van der Waals surface area contributed by atoms with Crippen LogP contribution in [0.15, 0.2) is 48.9 Å². The quantitative estimate of drug-likeness (QED) is 0.230. The molecule has 1 saturated heterocycles. The van der Waals surface area contributed by atoms with Gasteiger partial charge in [0.15, 0.2) is 5.13 Å². The molecule has 0 atom stereocenters. The lowest BCUT2D eigenvalue weighted by Crippen LogP contribution is -2.24. The van der Waals surface area contributed by atoms with E-state index in [1.54, 1.807) is 11.1 Å². The Bertz CT molecular complexity index is 1580. The fourth-order valence-corrected chi connectivity index (χ4v) is 6.30. The van der Waals surface area contributed by atoms with Crippen LogP contribution in [0.25, 0.3) is 10.4 Å². The lowest BCUT2D eigenvalue weighted by Gasteiger charge is -2.24. The van der Waals surface area contributed by atoms with E-state index in [0.717, 1.165) is 47.1 Å². The van der Waals surface area contributed by atoms with E-state index in [-0.39, 0.29) is 29.4 Å². The first-order valence-electron chi connectivity index (χ1n) is 14.8. The summed E-state index contributed by atoms with van der Waals surface area (Å²) < 4.78 is 7.80. The second-order valence-corrected chi connectivity index (χ2v) is 13.0. The number of thiazole rings is 1. The van der Waals surface area contributed by atoms with Crippen molar-refractivity contribution >= 4 is 39.9 Å². The van der Waals surface area contributed by atoms with Gasteiger partial charge in [0.25, 0.3) is 0 Å². The smallest absolute Gasteiger partial charge is 0.324 e. The number of nitrogens with one attached hydrogen (secondary N) is 2. The van der Waals surface area contributed by atoms with E-state index in [2.05, 4.69) is 46.4 Å². The Balaban J connectivity index is 1.06. The number of benzene rings is 1. The Morgan fingerprint density at radius 1 is 0.977 bits per heavy atom. The topological polar surface area (TPSA) is 127 Å². The van der Waals surface area contributed by atoms with Crippen molar-refractivity contribution in [3.05, 3.63) is 54.6 Å². The summed E-state index contributed by atoms with van der Waals surface area (Å²) in [6.07, 6.45) is 12.0. The molecule has 6 rings (SSSR count). The first-order valence-corrected chi connectivity index (χ1v) is 15.6. The van der Waals surface area contributed by atoms with Gasteiger partial charge in [0, 0.05) is 30.6 Å². The van der Waals surface area contributed by atoms with E-state index in [9.17, 15) is 9.59 Å². The standard InChI is InChI=1S/C31H36N8O3S/c1-31(2,3)25-16-26(39(37-25)22-8-5-4-6-9-22)36-28(41)35-21-17-32-29(33-18-21)42-23-13-11-20(12-14-23)24-19-34-30(43-24)38-15-7-10-27(38)40/h11-14,16-19,22H,4-10,15H2,1-3H3,(H2,35,36,41). The number of ether oxygens (including phenoxy) is 1. The third kappa shape index (κ3) is 6.69. The van der Waals surface area contributed by atoms with Gasteiger partial charge in [-0.3, -0.25) is 15.0 Å². The van der Waals surface area contributed by atoms with Crippen LogP contribution < -0.4 is 20.3 Å². The van der Waals surface area contributed by atoms with Gasteiger partial charge in [-0.05, 0) is 49.1 Å². The fourth-order valence-electron chi connectivity index (χ4n) is 5.34. The molecule has 2 fully saturated rings. The number of carbonyl (C=O) groups is 2. The lowest BCUT2D eigenvalue weighted by molar-refractivity contribution is -0.117. The van der Waals surface area contributed by atoms with Crippen LogP contribution in [0.1, 0.15) is 77.5 Å². The van der Waals surface area contributed by atoms with Gasteiger partial charge in [0.2, 0.25) is 5.91 Å². The molecule has 4 aromatic rings. The minimum atomic E-state index is -0.384. The highest BCUT2D eigenvalue weighted by molar-refractivity contribution is 7.19. The molecule has 1 aromatic carbocycles. The van der Waals surface area contributed by atoms with E-state index in [1.165, 1.54) is 43.0 Å². The molecule has 3 amide bonds. The molecule has 1 aliphatic carbocycles. The Morgan fingerprint density at radius 3 is 2.40 bits per heavy atom. The van der Waals surface area contributed by atoms with Crippen LogP contribution >= 0.6 is 11.3 Å². The first kappa shape index (κ1) is 28.8. The average molecular weight is 601 g/mol. The van der Waals surface area contributed by atoms with Crippen molar-refractivity contribution in [2.24, 2.45) is 0 Å². The molecule has 2 N–H and O–H groups in total. The number of amides is 3. The summed E-state index contributed by atoms with van der Waals surface area (Å²) in [5.41, 5.74) is 2.24. The maximum absolute atomic E-state index is 12.9. The van der Waals surface area contributed by atoms with Crippen LogP contribution in [0.4, 0.5) is 21.4 Å². The van der Waals surface area contributed by atoms with Crippen molar-refractivity contribution in [2.75, 3.05) is 22.1 Å². The molecule has 11 nitrogen and oxygen atoms in total. The summed E-state index contributed by atoms with van der Waals surface area (Å²) in [5, 5.41) is 11.4. The maximum Gasteiger partial charge on any atom is 0.324 e. The summed E-state index contributed by atoms with van der Waals surface area (Å²) in [6.45, 7) is 7.09. The van der Waals surface area contributed by atoms with Gasteiger partial charge >= 0.3 is 12.0 Å². The van der Waals surface area contributed by atoms with Crippen LogP contribution in [-0.4, -0.2) is 43.2 Å². The Morgan fingerprint density at radius 2 is 1.72 bits per heavy atom. The molecular weight excluding hydrogens is 564 g/mol. The Hall–Kier alpha value is -4.32. The number of nitrogens with zero attached hydrogens (tertiary/aromatic N) is 6. The van der Waals surface area contributed by atoms with Gasteiger partial charge < -0.3 is 10.1 Å². The molecule has 1 saturated carbocycles. The summed E-state index contributed by atoms with van der Waals surface area (Å²) in [5.74, 6) is 1.40. The van der Waals surface area contributed by atoms with Gasteiger partial charge in [-0.1, -0.05) is 51.4 Å². The molecule has 0 radical (unpaired) electrons. The number of hydrogen-bond acceptors (Lipinski definition) is 8. The van der Waals surface area contributed by atoms with Crippen molar-refractivity contribution in [3.63, 3.8) is 0 Å². The minimum Gasteiger partial charge on any atom is -0.424 e. The summed E-state index contributed by atoms with van der Waals surface area (Å²) in [6, 6.07) is 9.56. The van der Waals surface area contributed by atoms with Crippen LogP contribution in [0.5, 0.6) is 11.8 Å². The van der Waals surface area contributed by atoms with Gasteiger partial charge in [-0.15, -0.1) is 0 Å². The molecule has 0 unspecified atom stereocenters. The zero-order chi connectivity index (χ0) is 30.0. The molecule has 43 heavy (non-hydrogen) atoms.